The minimum Gasteiger partial charge on any atom is -0.469 e. The van der Waals surface area contributed by atoms with Crippen molar-refractivity contribution in [1.29, 1.82) is 0 Å². The molecule has 0 radical (unpaired) electrons. The molecule has 0 spiro atoms. The summed E-state index contributed by atoms with van der Waals surface area (Å²) in [6.45, 7) is 2.62. The van der Waals surface area contributed by atoms with Crippen LogP contribution in [0.2, 0.25) is 0 Å². The molecule has 0 aliphatic rings. The molecular formula is C15H20INO3. The van der Waals surface area contributed by atoms with Gasteiger partial charge in [0.25, 0.3) is 5.91 Å². The highest BCUT2D eigenvalue weighted by Crippen LogP contribution is 2.16. The highest BCUT2D eigenvalue weighted by atomic mass is 127. The molecule has 0 saturated carbocycles. The first kappa shape index (κ1) is 16.9. The predicted molar refractivity (Wildman–Crippen MR) is 86.7 cm³/mol. The average Bonchev–Trinajstić information content (AvgIpc) is 2.44. The second-order valence-corrected chi connectivity index (χ2v) is 5.66. The van der Waals surface area contributed by atoms with Crippen molar-refractivity contribution in [3.8, 4) is 0 Å². The van der Waals surface area contributed by atoms with Gasteiger partial charge < -0.3 is 10.1 Å². The maximum atomic E-state index is 12.0. The van der Waals surface area contributed by atoms with Crippen molar-refractivity contribution in [2.75, 3.05) is 13.7 Å². The van der Waals surface area contributed by atoms with E-state index in [4.69, 9.17) is 0 Å². The van der Waals surface area contributed by atoms with Gasteiger partial charge in [0.1, 0.15) is 0 Å². The van der Waals surface area contributed by atoms with Crippen molar-refractivity contribution in [3.63, 3.8) is 0 Å². The van der Waals surface area contributed by atoms with Gasteiger partial charge in [0.2, 0.25) is 0 Å². The maximum Gasteiger partial charge on any atom is 0.305 e. The number of methoxy groups -OCH3 is 1. The number of esters is 1. The normalized spacial score (nSPS) is 10.2. The molecule has 0 atom stereocenters. The zero-order valence-electron chi connectivity index (χ0n) is 11.9. The highest BCUT2D eigenvalue weighted by molar-refractivity contribution is 14.1. The van der Waals surface area contributed by atoms with Crippen molar-refractivity contribution in [2.45, 2.75) is 32.6 Å². The Hall–Kier alpha value is -1.11. The lowest BCUT2D eigenvalue weighted by molar-refractivity contribution is -0.140. The van der Waals surface area contributed by atoms with E-state index in [0.29, 0.717) is 13.0 Å². The molecule has 0 fully saturated rings. The van der Waals surface area contributed by atoms with Crippen molar-refractivity contribution in [1.82, 2.24) is 5.32 Å². The Bertz CT molecular complexity index is 474. The second-order valence-electron chi connectivity index (χ2n) is 4.58. The van der Waals surface area contributed by atoms with Gasteiger partial charge in [0.05, 0.1) is 12.7 Å². The predicted octanol–water partition coefficient (Wildman–Crippen LogP) is 3.06. The van der Waals surface area contributed by atoms with Crippen LogP contribution in [-0.4, -0.2) is 25.5 Å². The Morgan fingerprint density at radius 3 is 2.70 bits per heavy atom. The molecule has 0 saturated heterocycles. The number of hydrogen-bond acceptors (Lipinski definition) is 3. The molecule has 0 heterocycles. The minimum atomic E-state index is -0.177. The van der Waals surface area contributed by atoms with E-state index in [1.165, 1.54) is 7.11 Å². The van der Waals surface area contributed by atoms with E-state index in [1.807, 2.05) is 25.1 Å². The Morgan fingerprint density at radius 2 is 2.00 bits per heavy atom. The monoisotopic (exact) mass is 389 g/mol. The summed E-state index contributed by atoms with van der Waals surface area (Å²) in [5.41, 5.74) is 1.83. The van der Waals surface area contributed by atoms with Crippen molar-refractivity contribution in [2.24, 2.45) is 0 Å². The lowest BCUT2D eigenvalue weighted by Gasteiger charge is -2.08. The molecule has 1 rings (SSSR count). The third-order valence-corrected chi connectivity index (χ3v) is 4.44. The average molecular weight is 389 g/mol. The number of hydrogen-bond donors (Lipinski definition) is 1. The van der Waals surface area contributed by atoms with E-state index >= 15 is 0 Å². The number of benzene rings is 1. The largest absolute Gasteiger partial charge is 0.469 e. The van der Waals surface area contributed by atoms with E-state index < -0.39 is 0 Å². The van der Waals surface area contributed by atoms with Gasteiger partial charge in [-0.25, -0.2) is 0 Å². The number of carbonyl (C=O) groups is 2. The smallest absolute Gasteiger partial charge is 0.305 e. The molecule has 1 aromatic rings. The number of ether oxygens (including phenoxy) is 1. The molecule has 1 aromatic carbocycles. The van der Waals surface area contributed by atoms with Crippen LogP contribution in [0.15, 0.2) is 18.2 Å². The van der Waals surface area contributed by atoms with Crippen LogP contribution in [0.25, 0.3) is 0 Å². The van der Waals surface area contributed by atoms with Crippen molar-refractivity contribution >= 4 is 34.5 Å². The second kappa shape index (κ2) is 8.94. The maximum absolute atomic E-state index is 12.0. The number of carbonyl (C=O) groups excluding carboxylic acids is 2. The third-order valence-electron chi connectivity index (χ3n) is 3.01. The molecule has 0 aliphatic carbocycles. The molecule has 5 heteroatoms. The van der Waals surface area contributed by atoms with Crippen LogP contribution in [0.1, 0.15) is 41.6 Å². The fourth-order valence-corrected chi connectivity index (χ4v) is 2.40. The first-order valence-electron chi connectivity index (χ1n) is 6.66. The number of amides is 1. The summed E-state index contributed by atoms with van der Waals surface area (Å²) < 4.78 is 5.56. The fraction of sp³-hybridized carbons (Fsp3) is 0.467. The van der Waals surface area contributed by atoms with Crippen LogP contribution >= 0.6 is 22.6 Å². The molecular weight excluding hydrogens is 369 g/mol. The number of halogens is 1. The van der Waals surface area contributed by atoms with Gasteiger partial charge in [-0.05, 0) is 54.0 Å². The molecule has 0 unspecified atom stereocenters. The first-order chi connectivity index (χ1) is 9.56. The Balaban J connectivity index is 2.27. The van der Waals surface area contributed by atoms with Gasteiger partial charge in [0.15, 0.2) is 0 Å². The first-order valence-corrected chi connectivity index (χ1v) is 7.74. The Labute approximate surface area is 133 Å². The molecule has 1 N–H and O–H groups in total. The summed E-state index contributed by atoms with van der Waals surface area (Å²) in [6, 6.07) is 5.72. The molecule has 1 amide bonds. The molecule has 0 aliphatic heterocycles. The summed E-state index contributed by atoms with van der Waals surface area (Å²) in [7, 11) is 1.39. The number of unbranched alkanes of at least 4 members (excludes halogenated alkanes) is 2. The van der Waals surface area contributed by atoms with Crippen LogP contribution in [0, 0.1) is 10.5 Å². The molecule has 20 heavy (non-hydrogen) atoms. The molecule has 0 bridgehead atoms. The van der Waals surface area contributed by atoms with Crippen LogP contribution in [0.4, 0.5) is 0 Å². The van der Waals surface area contributed by atoms with Gasteiger partial charge in [-0.2, -0.15) is 0 Å². The molecule has 110 valence electrons. The van der Waals surface area contributed by atoms with E-state index in [2.05, 4.69) is 32.6 Å². The van der Waals surface area contributed by atoms with Crippen LogP contribution in [0.3, 0.4) is 0 Å². The van der Waals surface area contributed by atoms with Crippen LogP contribution in [-0.2, 0) is 9.53 Å². The lowest BCUT2D eigenvalue weighted by atomic mass is 10.1. The van der Waals surface area contributed by atoms with Crippen molar-refractivity contribution < 1.29 is 14.3 Å². The van der Waals surface area contributed by atoms with Gasteiger partial charge in [0, 0.05) is 16.5 Å². The highest BCUT2D eigenvalue weighted by Gasteiger charge is 2.10. The van der Waals surface area contributed by atoms with E-state index in [0.717, 1.165) is 34.0 Å². The quantitative estimate of drug-likeness (QED) is 0.443. The van der Waals surface area contributed by atoms with Gasteiger partial charge >= 0.3 is 5.97 Å². The number of rotatable bonds is 7. The summed E-state index contributed by atoms with van der Waals surface area (Å²) in [6.07, 6.45) is 3.01. The van der Waals surface area contributed by atoms with E-state index in [1.54, 1.807) is 0 Å². The summed E-state index contributed by atoms with van der Waals surface area (Å²) >= 11 is 2.19. The van der Waals surface area contributed by atoms with Gasteiger partial charge in [-0.3, -0.25) is 9.59 Å². The Kier molecular flexibility index (Phi) is 7.58. The van der Waals surface area contributed by atoms with E-state index in [9.17, 15) is 9.59 Å². The van der Waals surface area contributed by atoms with Crippen LogP contribution in [0.5, 0.6) is 0 Å². The lowest BCUT2D eigenvalue weighted by Crippen LogP contribution is -2.25. The van der Waals surface area contributed by atoms with Crippen molar-refractivity contribution in [3.05, 3.63) is 32.9 Å². The number of nitrogens with one attached hydrogen (secondary N) is 1. The number of aryl methyl sites for hydroxylation is 1. The standard InChI is InChI=1S/C15H20INO3/c1-11-7-6-8-12(14(11)16)15(19)17-10-5-3-4-9-13(18)20-2/h6-8H,3-5,9-10H2,1-2H3,(H,17,19). The van der Waals surface area contributed by atoms with E-state index in [-0.39, 0.29) is 11.9 Å². The summed E-state index contributed by atoms with van der Waals surface area (Å²) in [5.74, 6) is -0.214. The van der Waals surface area contributed by atoms with Crippen LogP contribution < -0.4 is 5.32 Å². The topological polar surface area (TPSA) is 55.4 Å². The minimum absolute atomic E-state index is 0.0360. The SMILES string of the molecule is COC(=O)CCCCCNC(=O)c1cccc(C)c1I. The fourth-order valence-electron chi connectivity index (χ4n) is 1.79. The third kappa shape index (κ3) is 5.48. The zero-order chi connectivity index (χ0) is 15.0. The van der Waals surface area contributed by atoms with Gasteiger partial charge in [-0.1, -0.05) is 18.6 Å². The Morgan fingerprint density at radius 1 is 1.25 bits per heavy atom. The van der Waals surface area contributed by atoms with Gasteiger partial charge in [-0.15, -0.1) is 0 Å². The molecule has 0 aromatic heterocycles. The zero-order valence-corrected chi connectivity index (χ0v) is 14.0. The molecule has 4 nitrogen and oxygen atoms in total. The summed E-state index contributed by atoms with van der Waals surface area (Å²) in [5, 5.41) is 2.91. The summed E-state index contributed by atoms with van der Waals surface area (Å²) in [4.78, 5) is 22.9.